The van der Waals surface area contributed by atoms with Crippen LogP contribution in [0, 0.1) is 0 Å². The molecule has 4 nitrogen and oxygen atoms in total. The summed E-state index contributed by atoms with van der Waals surface area (Å²) in [5.74, 6) is -0.0864. The molecule has 0 unspecified atom stereocenters. The van der Waals surface area contributed by atoms with Gasteiger partial charge in [-0.15, -0.1) is 11.3 Å². The van der Waals surface area contributed by atoms with Crippen molar-refractivity contribution in [2.24, 2.45) is 0 Å². The molecule has 7 heteroatoms. The normalized spacial score (nSPS) is 14.5. The summed E-state index contributed by atoms with van der Waals surface area (Å²) in [6, 6.07) is 7.25. The minimum absolute atomic E-state index is 0.0864. The van der Waals surface area contributed by atoms with E-state index in [4.69, 9.17) is 11.6 Å². The van der Waals surface area contributed by atoms with E-state index >= 15 is 0 Å². The van der Waals surface area contributed by atoms with E-state index in [0.29, 0.717) is 10.7 Å². The summed E-state index contributed by atoms with van der Waals surface area (Å²) < 4.78 is 0. The van der Waals surface area contributed by atoms with Gasteiger partial charge < -0.3 is 5.32 Å². The largest absolute Gasteiger partial charge is 0.324 e. The lowest BCUT2D eigenvalue weighted by atomic mass is 10.2. The van der Waals surface area contributed by atoms with Crippen LogP contribution in [0.3, 0.4) is 0 Å². The molecule has 128 valence electrons. The van der Waals surface area contributed by atoms with Gasteiger partial charge in [0.05, 0.1) is 16.0 Å². The summed E-state index contributed by atoms with van der Waals surface area (Å²) in [4.78, 5) is 23.9. The fourth-order valence-corrected chi connectivity index (χ4v) is 5.43. The van der Waals surface area contributed by atoms with E-state index < -0.39 is 0 Å². The summed E-state index contributed by atoms with van der Waals surface area (Å²) in [6.07, 6.45) is 4.99. The Hall–Kier alpha value is -1.63. The predicted octanol–water partition coefficient (Wildman–Crippen LogP) is 4.95. The minimum Gasteiger partial charge on any atom is -0.324 e. The highest BCUT2D eigenvalue weighted by atomic mass is 35.5. The second kappa shape index (κ2) is 6.94. The number of nitrogens with one attached hydrogen (secondary N) is 1. The Balaban J connectivity index is 1.57. The molecule has 25 heavy (non-hydrogen) atoms. The van der Waals surface area contributed by atoms with Gasteiger partial charge in [0.25, 0.3) is 0 Å². The Morgan fingerprint density at radius 2 is 2.16 bits per heavy atom. The number of rotatable bonds is 4. The molecule has 0 aliphatic heterocycles. The van der Waals surface area contributed by atoms with Crippen molar-refractivity contribution in [1.82, 2.24) is 9.97 Å². The van der Waals surface area contributed by atoms with Crippen LogP contribution in [0.15, 0.2) is 35.6 Å². The smallest absolute Gasteiger partial charge is 0.237 e. The molecule has 1 amide bonds. The van der Waals surface area contributed by atoms with Crippen molar-refractivity contribution in [3.63, 3.8) is 0 Å². The topological polar surface area (TPSA) is 54.9 Å². The van der Waals surface area contributed by atoms with E-state index in [2.05, 4.69) is 15.3 Å². The second-order valence-electron chi connectivity index (χ2n) is 5.95. The zero-order chi connectivity index (χ0) is 17.4. The number of fused-ring (bicyclic) bond motifs is 3. The number of hydrogen-bond donors (Lipinski definition) is 1. The van der Waals surface area contributed by atoms with Gasteiger partial charge in [-0.1, -0.05) is 35.5 Å². The second-order valence-corrected chi connectivity index (χ2v) is 8.77. The van der Waals surface area contributed by atoms with Gasteiger partial charge >= 0.3 is 0 Å². The number of benzene rings is 1. The lowest BCUT2D eigenvalue weighted by Crippen LogP contribution is -2.22. The van der Waals surface area contributed by atoms with Crippen molar-refractivity contribution in [1.29, 1.82) is 0 Å². The molecule has 0 saturated heterocycles. The fourth-order valence-electron chi connectivity index (χ4n) is 3.01. The van der Waals surface area contributed by atoms with Crippen molar-refractivity contribution in [2.45, 2.75) is 36.5 Å². The van der Waals surface area contributed by atoms with Crippen molar-refractivity contribution in [2.75, 3.05) is 5.32 Å². The van der Waals surface area contributed by atoms with Crippen LogP contribution < -0.4 is 5.32 Å². The average molecular weight is 390 g/mol. The van der Waals surface area contributed by atoms with Gasteiger partial charge in [-0.2, -0.15) is 0 Å². The highest BCUT2D eigenvalue weighted by molar-refractivity contribution is 8.00. The maximum atomic E-state index is 12.5. The summed E-state index contributed by atoms with van der Waals surface area (Å²) >= 11 is 9.36. The number of thioether (sulfide) groups is 1. The zero-order valence-corrected chi connectivity index (χ0v) is 16.0. The van der Waals surface area contributed by atoms with Gasteiger partial charge in [0.15, 0.2) is 0 Å². The number of amides is 1. The van der Waals surface area contributed by atoms with E-state index in [1.54, 1.807) is 29.8 Å². The molecule has 1 atom stereocenters. The van der Waals surface area contributed by atoms with E-state index in [0.717, 1.165) is 28.1 Å². The Bertz CT molecular complexity index is 957. The Labute approximate surface area is 159 Å². The number of aryl methyl sites for hydroxylation is 2. The number of carbonyl (C=O) groups excluding carboxylic acids is 1. The molecule has 3 aromatic rings. The van der Waals surface area contributed by atoms with E-state index in [-0.39, 0.29) is 11.2 Å². The van der Waals surface area contributed by atoms with Crippen LogP contribution in [0.4, 0.5) is 5.69 Å². The molecule has 0 fully saturated rings. The van der Waals surface area contributed by atoms with Crippen molar-refractivity contribution >= 4 is 56.5 Å². The zero-order valence-electron chi connectivity index (χ0n) is 13.6. The molecule has 2 heterocycles. The van der Waals surface area contributed by atoms with Crippen LogP contribution in [0.2, 0.25) is 5.02 Å². The molecule has 1 aromatic carbocycles. The third-order valence-corrected chi connectivity index (χ3v) is 6.89. The van der Waals surface area contributed by atoms with Crippen LogP contribution in [0.1, 0.15) is 23.8 Å². The summed E-state index contributed by atoms with van der Waals surface area (Å²) in [5, 5.41) is 5.18. The predicted molar refractivity (Wildman–Crippen MR) is 105 cm³/mol. The molecule has 1 N–H and O–H groups in total. The number of carbonyl (C=O) groups is 1. The Morgan fingerprint density at radius 1 is 1.32 bits per heavy atom. The molecule has 0 spiro atoms. The number of para-hydroxylation sites is 1. The number of aromatic nitrogens is 2. The number of thiophene rings is 1. The first kappa shape index (κ1) is 16.8. The van der Waals surface area contributed by atoms with E-state index in [1.807, 2.05) is 19.1 Å². The van der Waals surface area contributed by atoms with Gasteiger partial charge in [-0.3, -0.25) is 4.79 Å². The lowest BCUT2D eigenvalue weighted by molar-refractivity contribution is -0.115. The highest BCUT2D eigenvalue weighted by Crippen LogP contribution is 2.41. The fraction of sp³-hybridized carbons (Fsp3) is 0.278. The molecule has 0 bridgehead atoms. The first-order valence-corrected chi connectivity index (χ1v) is 10.2. The monoisotopic (exact) mass is 389 g/mol. The quantitative estimate of drug-likeness (QED) is 0.506. The summed E-state index contributed by atoms with van der Waals surface area (Å²) in [6.45, 7) is 1.89. The molecule has 0 radical (unpaired) electrons. The van der Waals surface area contributed by atoms with Gasteiger partial charge in [0.1, 0.15) is 16.2 Å². The molecular formula is C18H16ClN3OS2. The number of nitrogens with zero attached hydrogens (tertiary/aromatic N) is 2. The molecule has 4 rings (SSSR count). The van der Waals surface area contributed by atoms with Crippen molar-refractivity contribution < 1.29 is 4.79 Å². The van der Waals surface area contributed by atoms with Crippen LogP contribution >= 0.6 is 34.7 Å². The molecular weight excluding hydrogens is 374 g/mol. The Kier molecular flexibility index (Phi) is 4.67. The van der Waals surface area contributed by atoms with Gasteiger partial charge in [-0.05, 0) is 43.9 Å². The first-order valence-electron chi connectivity index (χ1n) is 8.11. The first-order chi connectivity index (χ1) is 12.1. The van der Waals surface area contributed by atoms with Gasteiger partial charge in [0.2, 0.25) is 5.91 Å². The molecule has 1 aliphatic rings. The van der Waals surface area contributed by atoms with Crippen LogP contribution in [-0.4, -0.2) is 21.1 Å². The standard InChI is InChI=1S/C18H16ClN3OS2/c1-10(16(23)22-13-7-3-2-6-12(13)19)24-17-15-11-5-4-8-14(11)25-18(15)21-9-20-17/h2-3,6-7,9-10H,4-5,8H2,1H3,(H,22,23)/t10-/m0/s1. The summed E-state index contributed by atoms with van der Waals surface area (Å²) in [5.41, 5.74) is 2.01. The molecule has 0 saturated carbocycles. The van der Waals surface area contributed by atoms with Gasteiger partial charge in [-0.25, -0.2) is 9.97 Å². The average Bonchev–Trinajstić information content (AvgIpc) is 3.18. The van der Waals surface area contributed by atoms with E-state index in [9.17, 15) is 4.79 Å². The van der Waals surface area contributed by atoms with Crippen LogP contribution in [0.25, 0.3) is 10.2 Å². The molecule has 2 aromatic heterocycles. The SMILES string of the molecule is C[C@H](Sc1ncnc2sc3c(c12)CCC3)C(=O)Nc1ccccc1Cl. The third-order valence-electron chi connectivity index (χ3n) is 4.26. The third kappa shape index (κ3) is 3.26. The maximum Gasteiger partial charge on any atom is 0.237 e. The number of anilines is 1. The van der Waals surface area contributed by atoms with Crippen molar-refractivity contribution in [3.05, 3.63) is 46.1 Å². The minimum atomic E-state index is -0.286. The highest BCUT2D eigenvalue weighted by Gasteiger charge is 2.24. The number of halogens is 1. The molecule has 1 aliphatic carbocycles. The number of hydrogen-bond acceptors (Lipinski definition) is 5. The van der Waals surface area contributed by atoms with Crippen LogP contribution in [-0.2, 0) is 17.6 Å². The summed E-state index contributed by atoms with van der Waals surface area (Å²) in [7, 11) is 0. The van der Waals surface area contributed by atoms with Gasteiger partial charge in [0, 0.05) is 10.3 Å². The van der Waals surface area contributed by atoms with E-state index in [1.165, 1.54) is 28.6 Å². The van der Waals surface area contributed by atoms with Crippen molar-refractivity contribution in [3.8, 4) is 0 Å². The van der Waals surface area contributed by atoms with Crippen LogP contribution in [0.5, 0.6) is 0 Å². The lowest BCUT2D eigenvalue weighted by Gasteiger charge is -2.13. The maximum absolute atomic E-state index is 12.5. The Morgan fingerprint density at radius 3 is 3.00 bits per heavy atom.